The van der Waals surface area contributed by atoms with Gasteiger partial charge >= 0.3 is 6.36 Å². The molecule has 0 aliphatic heterocycles. The molecule has 31 heavy (non-hydrogen) atoms. The predicted molar refractivity (Wildman–Crippen MR) is 113 cm³/mol. The lowest BCUT2D eigenvalue weighted by atomic mass is 9.80. The minimum atomic E-state index is -4.77. The highest BCUT2D eigenvalue weighted by molar-refractivity contribution is 5.44. The fourth-order valence-electron chi connectivity index (χ4n) is 6.15. The summed E-state index contributed by atoms with van der Waals surface area (Å²) in [4.78, 5) is 0. The number of ether oxygens (including phenoxy) is 3. The SMILES string of the molecule is CCC(C)c1ccc(OC(F)(F)F)c(OC(OC2CC3CC2C2CCCC32)C(C)C)c1. The molecule has 0 amide bonds. The lowest BCUT2D eigenvalue weighted by Crippen LogP contribution is -2.37. The van der Waals surface area contributed by atoms with Crippen LogP contribution in [0.15, 0.2) is 18.2 Å². The minimum Gasteiger partial charge on any atom is -0.461 e. The Balaban J connectivity index is 1.53. The number of fused-ring (bicyclic) bond motifs is 5. The van der Waals surface area contributed by atoms with Crippen LogP contribution >= 0.6 is 0 Å². The van der Waals surface area contributed by atoms with Gasteiger partial charge in [-0.3, -0.25) is 0 Å². The molecule has 0 saturated heterocycles. The van der Waals surface area contributed by atoms with Gasteiger partial charge in [-0.15, -0.1) is 13.2 Å². The lowest BCUT2D eigenvalue weighted by Gasteiger charge is -2.35. The van der Waals surface area contributed by atoms with Gasteiger partial charge in [-0.1, -0.05) is 40.2 Å². The Kier molecular flexibility index (Phi) is 6.49. The molecule has 3 aliphatic rings. The summed E-state index contributed by atoms with van der Waals surface area (Å²) in [5.74, 6) is 2.95. The lowest BCUT2D eigenvalue weighted by molar-refractivity contribution is -0.275. The average molecular weight is 441 g/mol. The number of rotatable bonds is 8. The molecule has 2 bridgehead atoms. The Morgan fingerprint density at radius 2 is 1.74 bits per heavy atom. The number of halogens is 3. The molecular weight excluding hydrogens is 405 g/mol. The average Bonchev–Trinajstić information content (AvgIpc) is 3.40. The van der Waals surface area contributed by atoms with E-state index in [9.17, 15) is 13.2 Å². The van der Waals surface area contributed by atoms with E-state index in [1.54, 1.807) is 12.1 Å². The Morgan fingerprint density at radius 3 is 2.42 bits per heavy atom. The molecule has 4 rings (SSSR count). The first-order valence-electron chi connectivity index (χ1n) is 11.9. The van der Waals surface area contributed by atoms with Crippen LogP contribution in [0.2, 0.25) is 0 Å². The molecule has 174 valence electrons. The summed E-state index contributed by atoms with van der Waals surface area (Å²) in [5, 5.41) is 0. The maximum Gasteiger partial charge on any atom is 0.573 e. The molecule has 3 aliphatic carbocycles. The van der Waals surface area contributed by atoms with Gasteiger partial charge in [-0.25, -0.2) is 0 Å². The van der Waals surface area contributed by atoms with Crippen LogP contribution < -0.4 is 9.47 Å². The molecular formula is C25H35F3O3. The molecule has 7 unspecified atom stereocenters. The van der Waals surface area contributed by atoms with Crippen molar-refractivity contribution in [2.45, 2.75) is 90.9 Å². The second-order valence-corrected chi connectivity index (χ2v) is 10.1. The molecule has 0 heterocycles. The molecule has 7 atom stereocenters. The van der Waals surface area contributed by atoms with Crippen LogP contribution in [-0.4, -0.2) is 18.8 Å². The zero-order chi connectivity index (χ0) is 22.3. The van der Waals surface area contributed by atoms with E-state index in [2.05, 4.69) is 11.7 Å². The van der Waals surface area contributed by atoms with Gasteiger partial charge in [-0.2, -0.15) is 0 Å². The molecule has 3 nitrogen and oxygen atoms in total. The van der Waals surface area contributed by atoms with Gasteiger partial charge in [-0.05, 0) is 79.4 Å². The van der Waals surface area contributed by atoms with Crippen LogP contribution in [0, 0.1) is 29.6 Å². The quantitative estimate of drug-likeness (QED) is 0.397. The van der Waals surface area contributed by atoms with Crippen LogP contribution in [0.1, 0.15) is 77.7 Å². The smallest absolute Gasteiger partial charge is 0.461 e. The minimum absolute atomic E-state index is 0.00416. The molecule has 3 fully saturated rings. The van der Waals surface area contributed by atoms with Crippen LogP contribution in [-0.2, 0) is 4.74 Å². The normalized spacial score (nSPS) is 31.7. The maximum atomic E-state index is 13.0. The standard InChI is InChI=1S/C25H35F3O3/c1-5-15(4)16-9-10-21(31-25(26,27)28)23(12-16)30-24(14(2)3)29-22-13-17-11-20(22)19-8-6-7-18(17)19/h9-10,12,14-15,17-20,22,24H,5-8,11,13H2,1-4H3. The summed E-state index contributed by atoms with van der Waals surface area (Å²) in [5.41, 5.74) is 0.934. The van der Waals surface area contributed by atoms with Crippen molar-refractivity contribution in [1.82, 2.24) is 0 Å². The van der Waals surface area contributed by atoms with Crippen LogP contribution in [0.25, 0.3) is 0 Å². The second-order valence-electron chi connectivity index (χ2n) is 10.1. The fraction of sp³-hybridized carbons (Fsp3) is 0.760. The summed E-state index contributed by atoms with van der Waals surface area (Å²) in [7, 11) is 0. The van der Waals surface area contributed by atoms with E-state index in [-0.39, 0.29) is 29.4 Å². The van der Waals surface area contributed by atoms with Crippen molar-refractivity contribution in [3.63, 3.8) is 0 Å². The first kappa shape index (κ1) is 22.8. The van der Waals surface area contributed by atoms with E-state index in [0.717, 1.165) is 36.2 Å². The van der Waals surface area contributed by atoms with Crippen molar-refractivity contribution in [2.75, 3.05) is 0 Å². The molecule has 1 aromatic rings. The molecule has 0 radical (unpaired) electrons. The van der Waals surface area contributed by atoms with Crippen molar-refractivity contribution in [3.05, 3.63) is 23.8 Å². The summed E-state index contributed by atoms with van der Waals surface area (Å²) in [6.07, 6.45) is 1.90. The highest BCUT2D eigenvalue weighted by Crippen LogP contribution is 2.59. The number of benzene rings is 1. The largest absolute Gasteiger partial charge is 0.573 e. The third-order valence-corrected chi connectivity index (χ3v) is 7.84. The molecule has 3 saturated carbocycles. The van der Waals surface area contributed by atoms with Crippen molar-refractivity contribution in [2.24, 2.45) is 29.6 Å². The summed E-state index contributed by atoms with van der Waals surface area (Å²) >= 11 is 0. The number of hydrogen-bond acceptors (Lipinski definition) is 3. The van der Waals surface area contributed by atoms with Crippen LogP contribution in [0.3, 0.4) is 0 Å². The van der Waals surface area contributed by atoms with Gasteiger partial charge in [0.15, 0.2) is 11.5 Å². The van der Waals surface area contributed by atoms with Gasteiger partial charge in [0, 0.05) is 5.92 Å². The third kappa shape index (κ3) is 4.84. The fourth-order valence-corrected chi connectivity index (χ4v) is 6.15. The first-order valence-corrected chi connectivity index (χ1v) is 11.9. The Labute approximate surface area is 183 Å². The molecule has 6 heteroatoms. The zero-order valence-electron chi connectivity index (χ0n) is 19.0. The zero-order valence-corrected chi connectivity index (χ0v) is 19.0. The van der Waals surface area contributed by atoms with Crippen LogP contribution in [0.4, 0.5) is 13.2 Å². The van der Waals surface area contributed by atoms with Gasteiger partial charge < -0.3 is 14.2 Å². The van der Waals surface area contributed by atoms with E-state index in [0.29, 0.717) is 5.92 Å². The summed E-state index contributed by atoms with van der Waals surface area (Å²) in [6, 6.07) is 4.73. The Morgan fingerprint density at radius 1 is 1.00 bits per heavy atom. The maximum absolute atomic E-state index is 13.0. The second kappa shape index (κ2) is 8.84. The summed E-state index contributed by atoms with van der Waals surface area (Å²) < 4.78 is 55.8. The monoisotopic (exact) mass is 440 g/mol. The van der Waals surface area contributed by atoms with Crippen LogP contribution in [0.5, 0.6) is 11.5 Å². The van der Waals surface area contributed by atoms with E-state index in [1.807, 2.05) is 20.8 Å². The van der Waals surface area contributed by atoms with Crippen molar-refractivity contribution in [3.8, 4) is 11.5 Å². The molecule has 0 spiro atoms. The van der Waals surface area contributed by atoms with Gasteiger partial charge in [0.25, 0.3) is 0 Å². The van der Waals surface area contributed by atoms with Crippen molar-refractivity contribution < 1.29 is 27.4 Å². The van der Waals surface area contributed by atoms with Gasteiger partial charge in [0.05, 0.1) is 6.10 Å². The van der Waals surface area contributed by atoms with Gasteiger partial charge in [0.2, 0.25) is 6.29 Å². The molecule has 0 aromatic heterocycles. The topological polar surface area (TPSA) is 27.7 Å². The summed E-state index contributed by atoms with van der Waals surface area (Å²) in [6.45, 7) is 8.07. The molecule has 1 aromatic carbocycles. The van der Waals surface area contributed by atoms with E-state index in [1.165, 1.54) is 31.7 Å². The predicted octanol–water partition coefficient (Wildman–Crippen LogP) is 7.30. The Hall–Kier alpha value is -1.43. The number of alkyl halides is 3. The van der Waals surface area contributed by atoms with Crippen molar-refractivity contribution >= 4 is 0 Å². The third-order valence-electron chi connectivity index (χ3n) is 7.84. The van der Waals surface area contributed by atoms with Crippen molar-refractivity contribution in [1.29, 1.82) is 0 Å². The van der Waals surface area contributed by atoms with E-state index < -0.39 is 12.7 Å². The highest BCUT2D eigenvalue weighted by atomic mass is 19.4. The first-order chi connectivity index (χ1) is 14.7. The highest BCUT2D eigenvalue weighted by Gasteiger charge is 2.54. The van der Waals surface area contributed by atoms with Gasteiger partial charge in [0.1, 0.15) is 0 Å². The number of hydrogen-bond donors (Lipinski definition) is 0. The van der Waals surface area contributed by atoms with E-state index in [4.69, 9.17) is 9.47 Å². The molecule has 0 N–H and O–H groups in total. The Bertz CT molecular complexity index is 763. The van der Waals surface area contributed by atoms with E-state index >= 15 is 0 Å².